The van der Waals surface area contributed by atoms with Crippen molar-refractivity contribution in [1.29, 1.82) is 0 Å². The van der Waals surface area contributed by atoms with E-state index in [4.69, 9.17) is 0 Å². The van der Waals surface area contributed by atoms with E-state index in [9.17, 15) is 14.4 Å². The van der Waals surface area contributed by atoms with Gasteiger partial charge in [-0.1, -0.05) is 49.0 Å². The Morgan fingerprint density at radius 3 is 2.43 bits per heavy atom. The van der Waals surface area contributed by atoms with E-state index >= 15 is 0 Å². The van der Waals surface area contributed by atoms with Gasteiger partial charge in [0.25, 0.3) is 0 Å². The molecule has 7 heteroatoms. The third-order valence-electron chi connectivity index (χ3n) is 6.20. The fourth-order valence-electron chi connectivity index (χ4n) is 4.27. The summed E-state index contributed by atoms with van der Waals surface area (Å²) >= 11 is 0. The molecule has 2 aromatic rings. The van der Waals surface area contributed by atoms with Gasteiger partial charge in [0.2, 0.25) is 17.7 Å². The lowest BCUT2D eigenvalue weighted by molar-refractivity contribution is -0.136. The maximum absolute atomic E-state index is 13.4. The third-order valence-corrected chi connectivity index (χ3v) is 6.20. The summed E-state index contributed by atoms with van der Waals surface area (Å²) in [5.41, 5.74) is 3.30. The molecular formula is C28H36N4O3. The largest absolute Gasteiger partial charge is 0.368 e. The molecule has 2 N–H and O–H groups in total. The third kappa shape index (κ3) is 8.28. The second kappa shape index (κ2) is 13.3. The van der Waals surface area contributed by atoms with Crippen LogP contribution < -0.4 is 15.5 Å². The highest BCUT2D eigenvalue weighted by Gasteiger charge is 2.28. The molecule has 186 valence electrons. The molecule has 2 aromatic carbocycles. The van der Waals surface area contributed by atoms with Gasteiger partial charge in [-0.2, -0.15) is 0 Å². The van der Waals surface area contributed by atoms with Crippen molar-refractivity contribution in [3.05, 3.63) is 78.4 Å². The summed E-state index contributed by atoms with van der Waals surface area (Å²) in [5.74, 6) is -0.404. The van der Waals surface area contributed by atoms with E-state index < -0.39 is 6.04 Å². The lowest BCUT2D eigenvalue weighted by atomic mass is 10.1. The summed E-state index contributed by atoms with van der Waals surface area (Å²) < 4.78 is 0. The summed E-state index contributed by atoms with van der Waals surface area (Å²) in [5, 5.41) is 5.73. The van der Waals surface area contributed by atoms with Crippen LogP contribution in [0.1, 0.15) is 30.4 Å². The Bertz CT molecular complexity index is 1000. The number of nitrogens with one attached hydrogen (secondary N) is 2. The first-order chi connectivity index (χ1) is 17.0. The number of amides is 3. The van der Waals surface area contributed by atoms with Crippen molar-refractivity contribution in [3.63, 3.8) is 0 Å². The first kappa shape index (κ1) is 26.0. The Labute approximate surface area is 208 Å². The van der Waals surface area contributed by atoms with Crippen molar-refractivity contribution in [3.8, 4) is 0 Å². The van der Waals surface area contributed by atoms with E-state index in [2.05, 4.69) is 53.3 Å². The van der Waals surface area contributed by atoms with Crippen LogP contribution in [0, 0.1) is 6.92 Å². The molecule has 0 radical (unpaired) electrons. The first-order valence-electron chi connectivity index (χ1n) is 12.3. The number of unbranched alkanes of at least 4 members (excludes halogenated alkanes) is 1. The van der Waals surface area contributed by atoms with Crippen LogP contribution in [0.2, 0.25) is 0 Å². The topological polar surface area (TPSA) is 81.8 Å². The van der Waals surface area contributed by atoms with Gasteiger partial charge < -0.3 is 20.4 Å². The first-order valence-corrected chi connectivity index (χ1v) is 12.3. The number of rotatable bonds is 11. The predicted octanol–water partition coefficient (Wildman–Crippen LogP) is 2.84. The molecule has 0 saturated carbocycles. The average molecular weight is 477 g/mol. The molecule has 3 amide bonds. The Balaban J connectivity index is 1.57. The van der Waals surface area contributed by atoms with Crippen LogP contribution in [0.15, 0.2) is 67.3 Å². The van der Waals surface area contributed by atoms with Crippen LogP contribution in [0.5, 0.6) is 0 Å². The van der Waals surface area contributed by atoms with Crippen molar-refractivity contribution >= 4 is 23.4 Å². The minimum atomic E-state index is -0.577. The van der Waals surface area contributed by atoms with Gasteiger partial charge in [-0.3, -0.25) is 14.4 Å². The van der Waals surface area contributed by atoms with Gasteiger partial charge in [-0.05, 0) is 55.5 Å². The molecule has 1 fully saturated rings. The Hall–Kier alpha value is -3.61. The molecule has 1 aliphatic rings. The minimum absolute atomic E-state index is 0.0366. The zero-order valence-electron chi connectivity index (χ0n) is 20.5. The van der Waals surface area contributed by atoms with Crippen LogP contribution in [0.3, 0.4) is 0 Å². The fourth-order valence-corrected chi connectivity index (χ4v) is 4.27. The molecule has 7 nitrogen and oxygen atoms in total. The number of hydrogen-bond donors (Lipinski definition) is 2. The van der Waals surface area contributed by atoms with Crippen molar-refractivity contribution in [2.45, 2.75) is 38.6 Å². The van der Waals surface area contributed by atoms with Crippen molar-refractivity contribution in [2.75, 3.05) is 37.6 Å². The normalized spacial score (nSPS) is 14.2. The molecule has 3 rings (SSSR count). The van der Waals surface area contributed by atoms with Crippen LogP contribution in [0.25, 0.3) is 0 Å². The second-order valence-electron chi connectivity index (χ2n) is 8.92. The lowest BCUT2D eigenvalue weighted by Crippen LogP contribution is -2.55. The number of nitrogens with zero attached hydrogens (tertiary/aromatic N) is 2. The average Bonchev–Trinajstić information content (AvgIpc) is 2.88. The summed E-state index contributed by atoms with van der Waals surface area (Å²) in [6, 6.07) is 17.3. The van der Waals surface area contributed by atoms with Gasteiger partial charge >= 0.3 is 0 Å². The van der Waals surface area contributed by atoms with E-state index in [1.165, 1.54) is 17.3 Å². The van der Waals surface area contributed by atoms with Gasteiger partial charge in [-0.15, -0.1) is 0 Å². The van der Waals surface area contributed by atoms with Gasteiger partial charge in [0.1, 0.15) is 6.04 Å². The van der Waals surface area contributed by atoms with Crippen LogP contribution in [-0.4, -0.2) is 61.4 Å². The molecule has 1 saturated heterocycles. The highest BCUT2D eigenvalue weighted by molar-refractivity contribution is 5.88. The smallest absolute Gasteiger partial charge is 0.245 e. The second-order valence-corrected chi connectivity index (χ2v) is 8.92. The van der Waals surface area contributed by atoms with E-state index in [1.54, 1.807) is 0 Å². The van der Waals surface area contributed by atoms with Crippen LogP contribution >= 0.6 is 0 Å². The molecule has 1 atom stereocenters. The lowest BCUT2D eigenvalue weighted by Gasteiger charge is -2.37. The number of carbonyl (C=O) groups is 3. The minimum Gasteiger partial charge on any atom is -0.368 e. The number of anilines is 1. The van der Waals surface area contributed by atoms with E-state index in [-0.39, 0.29) is 24.1 Å². The van der Waals surface area contributed by atoms with Crippen LogP contribution in [0.4, 0.5) is 5.69 Å². The molecule has 0 bridgehead atoms. The maximum Gasteiger partial charge on any atom is 0.245 e. The number of hydrogen-bond acceptors (Lipinski definition) is 4. The maximum atomic E-state index is 13.4. The molecular weight excluding hydrogens is 440 g/mol. The molecule has 0 unspecified atom stereocenters. The summed E-state index contributed by atoms with van der Waals surface area (Å²) in [6.45, 7) is 8.79. The van der Waals surface area contributed by atoms with Crippen molar-refractivity contribution in [1.82, 2.24) is 15.5 Å². The Kier molecular flexibility index (Phi) is 9.90. The molecule has 0 aromatic heterocycles. The van der Waals surface area contributed by atoms with E-state index in [0.717, 1.165) is 25.1 Å². The van der Waals surface area contributed by atoms with Gasteiger partial charge in [0.15, 0.2) is 0 Å². The molecule has 1 heterocycles. The summed E-state index contributed by atoms with van der Waals surface area (Å²) in [4.78, 5) is 41.6. The zero-order valence-corrected chi connectivity index (χ0v) is 20.5. The van der Waals surface area contributed by atoms with Gasteiger partial charge in [0, 0.05) is 38.4 Å². The molecule has 0 aliphatic carbocycles. The van der Waals surface area contributed by atoms with Gasteiger partial charge in [0.05, 0.1) is 6.42 Å². The summed E-state index contributed by atoms with van der Waals surface area (Å²) in [7, 11) is 0. The quantitative estimate of drug-likeness (QED) is 0.386. The summed E-state index contributed by atoms with van der Waals surface area (Å²) in [6.07, 6.45) is 3.44. The molecule has 35 heavy (non-hydrogen) atoms. The number of aryl methyl sites for hydroxylation is 1. The van der Waals surface area contributed by atoms with Crippen LogP contribution in [-0.2, 0) is 20.8 Å². The van der Waals surface area contributed by atoms with E-state index in [0.29, 0.717) is 32.5 Å². The fraction of sp³-hybridized carbons (Fsp3) is 0.393. The highest BCUT2D eigenvalue weighted by atomic mass is 16.2. The predicted molar refractivity (Wildman–Crippen MR) is 139 cm³/mol. The Morgan fingerprint density at radius 1 is 1.00 bits per heavy atom. The zero-order chi connectivity index (χ0) is 25.0. The number of piperazine rings is 1. The van der Waals surface area contributed by atoms with Crippen molar-refractivity contribution < 1.29 is 14.4 Å². The monoisotopic (exact) mass is 476 g/mol. The van der Waals surface area contributed by atoms with Gasteiger partial charge in [-0.25, -0.2) is 0 Å². The molecule has 1 aliphatic heterocycles. The number of benzene rings is 2. The SMILES string of the molecule is C=CC(=O)NCCCC[C@H](NC(=O)Cc1ccccc1)C(=O)N1CCN(c2cccc(C)c2)CC1. The molecule has 0 spiro atoms. The highest BCUT2D eigenvalue weighted by Crippen LogP contribution is 2.18. The standard InChI is InChI=1S/C28H36N4O3/c1-3-26(33)29-15-8-7-14-25(30-27(34)21-23-11-5-4-6-12-23)28(35)32-18-16-31(17-19-32)24-13-9-10-22(2)20-24/h3-6,9-13,20,25H,1,7-8,14-19,21H2,2H3,(H,29,33)(H,30,34)/t25-/m0/s1. The van der Waals surface area contributed by atoms with Crippen molar-refractivity contribution in [2.24, 2.45) is 0 Å². The Morgan fingerprint density at radius 2 is 1.74 bits per heavy atom. The number of carbonyl (C=O) groups excluding carboxylic acids is 3. The van der Waals surface area contributed by atoms with E-state index in [1.807, 2.05) is 35.2 Å².